The summed E-state index contributed by atoms with van der Waals surface area (Å²) in [6.45, 7) is 1.09. The maximum absolute atomic E-state index is 10.8. The van der Waals surface area contributed by atoms with Crippen LogP contribution in [0.2, 0.25) is 0 Å². The number of nitro groups is 1. The molecular formula is C13H19N3O3. The second-order valence-corrected chi connectivity index (χ2v) is 4.69. The Hall–Kier alpha value is -1.69. The van der Waals surface area contributed by atoms with Crippen molar-refractivity contribution in [2.24, 2.45) is 0 Å². The predicted octanol–water partition coefficient (Wildman–Crippen LogP) is 2.75. The van der Waals surface area contributed by atoms with Crippen molar-refractivity contribution in [3.63, 3.8) is 0 Å². The second kappa shape index (κ2) is 7.04. The van der Waals surface area contributed by atoms with Gasteiger partial charge in [-0.05, 0) is 18.9 Å². The standard InChI is InChI=1S/C13H19N3O3/c17-16(18)12-7-4-8-14-13(12)15-9-10-19-11-5-2-1-3-6-11/h4,7-8,11H,1-3,5-6,9-10H2,(H,14,15). The second-order valence-electron chi connectivity index (χ2n) is 4.69. The molecule has 0 saturated heterocycles. The highest BCUT2D eigenvalue weighted by atomic mass is 16.6. The molecule has 1 aromatic heterocycles. The largest absolute Gasteiger partial charge is 0.376 e. The number of hydrogen-bond donors (Lipinski definition) is 1. The molecule has 6 nitrogen and oxygen atoms in total. The lowest BCUT2D eigenvalue weighted by Crippen LogP contribution is -2.20. The first kappa shape index (κ1) is 13.7. The average Bonchev–Trinajstić information content (AvgIpc) is 2.45. The van der Waals surface area contributed by atoms with Gasteiger partial charge in [-0.15, -0.1) is 0 Å². The van der Waals surface area contributed by atoms with Gasteiger partial charge in [-0.3, -0.25) is 10.1 Å². The summed E-state index contributed by atoms with van der Waals surface area (Å²) in [5, 5.41) is 13.8. The van der Waals surface area contributed by atoms with E-state index < -0.39 is 4.92 Å². The Morgan fingerprint density at radius 2 is 2.21 bits per heavy atom. The Balaban J connectivity index is 1.74. The lowest BCUT2D eigenvalue weighted by molar-refractivity contribution is -0.384. The SMILES string of the molecule is O=[N+]([O-])c1cccnc1NCCOC1CCCCC1. The van der Waals surface area contributed by atoms with Gasteiger partial charge in [-0.25, -0.2) is 4.98 Å². The van der Waals surface area contributed by atoms with E-state index in [2.05, 4.69) is 10.3 Å². The Labute approximate surface area is 112 Å². The number of nitrogens with one attached hydrogen (secondary N) is 1. The molecule has 0 aliphatic heterocycles. The molecule has 1 aliphatic rings. The molecule has 0 radical (unpaired) electrons. The van der Waals surface area contributed by atoms with Gasteiger partial charge in [0.2, 0.25) is 5.82 Å². The summed E-state index contributed by atoms with van der Waals surface area (Å²) in [5.74, 6) is 0.305. The summed E-state index contributed by atoms with van der Waals surface area (Å²) in [5.41, 5.74) is 0.000154. The molecule has 0 aromatic carbocycles. The van der Waals surface area contributed by atoms with E-state index in [-0.39, 0.29) is 5.69 Å². The van der Waals surface area contributed by atoms with Crippen molar-refractivity contribution in [2.75, 3.05) is 18.5 Å². The normalized spacial score (nSPS) is 16.2. The van der Waals surface area contributed by atoms with Crippen LogP contribution >= 0.6 is 0 Å². The molecule has 0 bridgehead atoms. The van der Waals surface area contributed by atoms with Crippen LogP contribution in [0.1, 0.15) is 32.1 Å². The van der Waals surface area contributed by atoms with Gasteiger partial charge in [0.05, 0.1) is 17.6 Å². The minimum atomic E-state index is -0.433. The Morgan fingerprint density at radius 1 is 1.42 bits per heavy atom. The van der Waals surface area contributed by atoms with Crippen LogP contribution in [-0.4, -0.2) is 29.2 Å². The molecule has 2 rings (SSSR count). The Morgan fingerprint density at radius 3 is 2.95 bits per heavy atom. The molecule has 1 saturated carbocycles. The smallest absolute Gasteiger partial charge is 0.311 e. The van der Waals surface area contributed by atoms with Crippen LogP contribution in [0.5, 0.6) is 0 Å². The zero-order valence-corrected chi connectivity index (χ0v) is 10.9. The molecule has 19 heavy (non-hydrogen) atoms. The summed E-state index contributed by atoms with van der Waals surface area (Å²) >= 11 is 0. The first-order valence-corrected chi connectivity index (χ1v) is 6.72. The third-order valence-corrected chi connectivity index (χ3v) is 3.28. The number of rotatable bonds is 6. The van der Waals surface area contributed by atoms with Crippen molar-refractivity contribution in [1.82, 2.24) is 4.98 Å². The molecule has 6 heteroatoms. The summed E-state index contributed by atoms with van der Waals surface area (Å²) in [7, 11) is 0. The number of anilines is 1. The molecular weight excluding hydrogens is 246 g/mol. The van der Waals surface area contributed by atoms with E-state index in [1.165, 1.54) is 31.5 Å². The number of nitrogens with zero attached hydrogens (tertiary/aromatic N) is 2. The van der Waals surface area contributed by atoms with E-state index in [9.17, 15) is 10.1 Å². The van der Waals surface area contributed by atoms with Crippen LogP contribution in [0.3, 0.4) is 0 Å². The number of aromatic nitrogens is 1. The zero-order chi connectivity index (χ0) is 13.5. The zero-order valence-electron chi connectivity index (χ0n) is 10.9. The predicted molar refractivity (Wildman–Crippen MR) is 72.2 cm³/mol. The van der Waals surface area contributed by atoms with Gasteiger partial charge in [0.1, 0.15) is 0 Å². The minimum absolute atomic E-state index is 0.000154. The van der Waals surface area contributed by atoms with Crippen molar-refractivity contribution in [3.05, 3.63) is 28.4 Å². The summed E-state index contributed by atoms with van der Waals surface area (Å²) in [4.78, 5) is 14.3. The molecule has 1 aliphatic carbocycles. The van der Waals surface area contributed by atoms with Crippen LogP contribution in [0, 0.1) is 10.1 Å². The van der Waals surface area contributed by atoms with Gasteiger partial charge < -0.3 is 10.1 Å². The fourth-order valence-corrected chi connectivity index (χ4v) is 2.31. The van der Waals surface area contributed by atoms with Crippen LogP contribution in [0.4, 0.5) is 11.5 Å². The van der Waals surface area contributed by atoms with Gasteiger partial charge in [-0.2, -0.15) is 0 Å². The molecule has 0 spiro atoms. The van der Waals surface area contributed by atoms with Gasteiger partial charge in [0.15, 0.2) is 0 Å². The third-order valence-electron chi connectivity index (χ3n) is 3.28. The lowest BCUT2D eigenvalue weighted by Gasteiger charge is -2.22. The fourth-order valence-electron chi connectivity index (χ4n) is 2.31. The van der Waals surface area contributed by atoms with Crippen LogP contribution in [-0.2, 0) is 4.74 Å². The first-order chi connectivity index (χ1) is 9.27. The molecule has 0 atom stereocenters. The highest BCUT2D eigenvalue weighted by molar-refractivity contribution is 5.54. The topological polar surface area (TPSA) is 77.3 Å². The minimum Gasteiger partial charge on any atom is -0.376 e. The molecule has 1 N–H and O–H groups in total. The molecule has 1 heterocycles. The van der Waals surface area contributed by atoms with E-state index in [0.29, 0.717) is 25.1 Å². The number of hydrogen-bond acceptors (Lipinski definition) is 5. The summed E-state index contributed by atoms with van der Waals surface area (Å²) in [6, 6.07) is 3.00. The molecule has 0 amide bonds. The van der Waals surface area contributed by atoms with Gasteiger partial charge in [0.25, 0.3) is 0 Å². The number of ether oxygens (including phenoxy) is 1. The van der Waals surface area contributed by atoms with Crippen molar-refractivity contribution in [3.8, 4) is 0 Å². The monoisotopic (exact) mass is 265 g/mol. The van der Waals surface area contributed by atoms with Crippen molar-refractivity contribution >= 4 is 11.5 Å². The quantitative estimate of drug-likeness (QED) is 0.486. The van der Waals surface area contributed by atoms with Crippen molar-refractivity contribution < 1.29 is 9.66 Å². The fraction of sp³-hybridized carbons (Fsp3) is 0.615. The Kier molecular flexibility index (Phi) is 5.09. The van der Waals surface area contributed by atoms with Gasteiger partial charge in [0, 0.05) is 18.8 Å². The molecule has 1 fully saturated rings. The Bertz CT molecular complexity index is 419. The van der Waals surface area contributed by atoms with Crippen LogP contribution in [0.15, 0.2) is 18.3 Å². The van der Waals surface area contributed by atoms with E-state index in [1.54, 1.807) is 6.07 Å². The van der Waals surface area contributed by atoms with Gasteiger partial charge >= 0.3 is 5.69 Å². The van der Waals surface area contributed by atoms with Crippen LogP contribution < -0.4 is 5.32 Å². The highest BCUT2D eigenvalue weighted by Gasteiger charge is 2.15. The summed E-state index contributed by atoms with van der Waals surface area (Å²) < 4.78 is 5.74. The van der Waals surface area contributed by atoms with Crippen molar-refractivity contribution in [2.45, 2.75) is 38.2 Å². The van der Waals surface area contributed by atoms with E-state index in [0.717, 1.165) is 12.8 Å². The maximum Gasteiger partial charge on any atom is 0.311 e. The lowest BCUT2D eigenvalue weighted by atomic mass is 9.98. The van der Waals surface area contributed by atoms with E-state index >= 15 is 0 Å². The third kappa shape index (κ3) is 4.17. The molecule has 104 valence electrons. The summed E-state index contributed by atoms with van der Waals surface area (Å²) in [6.07, 6.45) is 7.94. The number of pyridine rings is 1. The maximum atomic E-state index is 10.8. The van der Waals surface area contributed by atoms with E-state index in [4.69, 9.17) is 4.74 Å². The highest BCUT2D eigenvalue weighted by Crippen LogP contribution is 2.21. The van der Waals surface area contributed by atoms with E-state index in [1.807, 2.05) is 0 Å². The molecule has 1 aromatic rings. The molecule has 0 unspecified atom stereocenters. The van der Waals surface area contributed by atoms with Gasteiger partial charge in [-0.1, -0.05) is 19.3 Å². The average molecular weight is 265 g/mol. The first-order valence-electron chi connectivity index (χ1n) is 6.72. The van der Waals surface area contributed by atoms with Crippen molar-refractivity contribution in [1.29, 1.82) is 0 Å². The van der Waals surface area contributed by atoms with Crippen LogP contribution in [0.25, 0.3) is 0 Å².